The molecule has 124 valence electrons. The molecule has 0 fully saturated rings. The maximum Gasteiger partial charge on any atom is 0.513 e. The van der Waals surface area contributed by atoms with Crippen molar-refractivity contribution in [3.63, 3.8) is 0 Å². The molecule has 0 unspecified atom stereocenters. The van der Waals surface area contributed by atoms with Gasteiger partial charge < -0.3 is 9.47 Å². The molecule has 1 aromatic carbocycles. The molecule has 0 aliphatic carbocycles. The molecule has 1 heterocycles. The number of carbonyl (C=O) groups excluding carboxylic acids is 1. The van der Waals surface area contributed by atoms with E-state index in [4.69, 9.17) is 32.7 Å². The lowest BCUT2D eigenvalue weighted by Crippen LogP contribution is -2.20. The number of halogens is 2. The Bertz CT molecular complexity index is 721. The fraction of sp³-hybridized carbons (Fsp3) is 0.375. The number of rotatable bonds is 3. The highest BCUT2D eigenvalue weighted by molar-refractivity contribution is 6.35. The van der Waals surface area contributed by atoms with Crippen LogP contribution in [0.3, 0.4) is 0 Å². The van der Waals surface area contributed by atoms with Gasteiger partial charge in [0, 0.05) is 10.4 Å². The number of aromatic nitrogens is 2. The van der Waals surface area contributed by atoms with Crippen LogP contribution >= 0.6 is 23.2 Å². The number of nitrogens with zero attached hydrogens (tertiary/aromatic N) is 2. The zero-order valence-corrected chi connectivity index (χ0v) is 14.9. The van der Waals surface area contributed by atoms with Crippen LogP contribution in [0.5, 0.6) is 5.75 Å². The third-order valence-corrected chi connectivity index (χ3v) is 3.58. The van der Waals surface area contributed by atoms with Gasteiger partial charge in [-0.1, -0.05) is 44.0 Å². The Morgan fingerprint density at radius 3 is 2.57 bits per heavy atom. The molecular weight excluding hydrogens is 339 g/mol. The van der Waals surface area contributed by atoms with Crippen LogP contribution in [-0.2, 0) is 10.2 Å². The predicted molar refractivity (Wildman–Crippen MR) is 89.9 cm³/mol. The van der Waals surface area contributed by atoms with Gasteiger partial charge in [0.1, 0.15) is 0 Å². The SMILES string of the molecule is CCOC(=O)Oc1cnn(-c2ccc(Cl)cc2Cl)c1C(C)(C)C. The molecule has 1 aromatic heterocycles. The van der Waals surface area contributed by atoms with Crippen LogP contribution in [0.2, 0.25) is 10.0 Å². The molecule has 0 atom stereocenters. The van der Waals surface area contributed by atoms with E-state index >= 15 is 0 Å². The van der Waals surface area contributed by atoms with E-state index in [0.717, 1.165) is 0 Å². The summed E-state index contributed by atoms with van der Waals surface area (Å²) in [5.74, 6) is 0.335. The Morgan fingerprint density at radius 1 is 1.30 bits per heavy atom. The van der Waals surface area contributed by atoms with Gasteiger partial charge >= 0.3 is 6.16 Å². The van der Waals surface area contributed by atoms with E-state index in [1.807, 2.05) is 20.8 Å². The molecule has 7 heteroatoms. The minimum atomic E-state index is -0.764. The van der Waals surface area contributed by atoms with E-state index in [-0.39, 0.29) is 12.0 Å². The smallest absolute Gasteiger partial charge is 0.434 e. The highest BCUT2D eigenvalue weighted by Crippen LogP contribution is 2.35. The van der Waals surface area contributed by atoms with E-state index in [1.54, 1.807) is 29.8 Å². The van der Waals surface area contributed by atoms with Crippen molar-refractivity contribution in [2.45, 2.75) is 33.1 Å². The summed E-state index contributed by atoms with van der Waals surface area (Å²) in [5.41, 5.74) is 1.01. The fourth-order valence-electron chi connectivity index (χ4n) is 2.17. The highest BCUT2D eigenvalue weighted by atomic mass is 35.5. The minimum Gasteiger partial charge on any atom is -0.434 e. The number of hydrogen-bond donors (Lipinski definition) is 0. The minimum absolute atomic E-state index is 0.237. The largest absolute Gasteiger partial charge is 0.513 e. The Kier molecular flexibility index (Phi) is 5.22. The van der Waals surface area contributed by atoms with E-state index < -0.39 is 6.16 Å². The van der Waals surface area contributed by atoms with Gasteiger partial charge in [-0.15, -0.1) is 0 Å². The van der Waals surface area contributed by atoms with Crippen molar-refractivity contribution in [3.05, 3.63) is 40.1 Å². The summed E-state index contributed by atoms with van der Waals surface area (Å²) >= 11 is 12.2. The Morgan fingerprint density at radius 2 is 2.00 bits per heavy atom. The van der Waals surface area contributed by atoms with Crippen molar-refractivity contribution in [2.24, 2.45) is 0 Å². The van der Waals surface area contributed by atoms with Gasteiger partial charge in [0.05, 0.1) is 29.2 Å². The van der Waals surface area contributed by atoms with Crippen molar-refractivity contribution in [1.29, 1.82) is 0 Å². The number of ether oxygens (including phenoxy) is 2. The maximum atomic E-state index is 11.6. The third kappa shape index (κ3) is 3.98. The molecule has 5 nitrogen and oxygen atoms in total. The molecule has 2 aromatic rings. The first-order valence-electron chi connectivity index (χ1n) is 7.12. The van der Waals surface area contributed by atoms with Crippen LogP contribution in [0.25, 0.3) is 5.69 Å². The van der Waals surface area contributed by atoms with Gasteiger partial charge in [-0.2, -0.15) is 5.10 Å². The third-order valence-electron chi connectivity index (χ3n) is 3.04. The maximum absolute atomic E-state index is 11.6. The van der Waals surface area contributed by atoms with Crippen molar-refractivity contribution in [3.8, 4) is 11.4 Å². The first-order valence-corrected chi connectivity index (χ1v) is 7.88. The Hall–Kier alpha value is -1.72. The summed E-state index contributed by atoms with van der Waals surface area (Å²) in [4.78, 5) is 11.6. The second kappa shape index (κ2) is 6.81. The molecular formula is C16H18Cl2N2O3. The van der Waals surface area contributed by atoms with Crippen molar-refractivity contribution in [1.82, 2.24) is 9.78 Å². The lowest BCUT2D eigenvalue weighted by molar-refractivity contribution is 0.103. The van der Waals surface area contributed by atoms with Gasteiger partial charge in [0.15, 0.2) is 5.75 Å². The Labute approximate surface area is 145 Å². The lowest BCUT2D eigenvalue weighted by Gasteiger charge is -2.22. The van der Waals surface area contributed by atoms with Crippen LogP contribution in [-0.4, -0.2) is 22.5 Å². The molecule has 0 N–H and O–H groups in total. The molecule has 0 saturated carbocycles. The average Bonchev–Trinajstić information content (AvgIpc) is 2.82. The molecule has 2 rings (SSSR count). The topological polar surface area (TPSA) is 53.4 Å². The molecule has 0 radical (unpaired) electrons. The molecule has 0 bridgehead atoms. The van der Waals surface area contributed by atoms with Crippen molar-refractivity contribution < 1.29 is 14.3 Å². The summed E-state index contributed by atoms with van der Waals surface area (Å²) in [7, 11) is 0. The number of carbonyl (C=O) groups is 1. The summed E-state index contributed by atoms with van der Waals surface area (Å²) in [6, 6.07) is 5.13. The molecule has 0 amide bonds. The number of hydrogen-bond acceptors (Lipinski definition) is 4. The van der Waals surface area contributed by atoms with Crippen LogP contribution < -0.4 is 4.74 Å². The van der Waals surface area contributed by atoms with E-state index in [9.17, 15) is 4.79 Å². The van der Waals surface area contributed by atoms with Gasteiger partial charge in [-0.05, 0) is 25.1 Å². The van der Waals surface area contributed by atoms with Crippen molar-refractivity contribution >= 4 is 29.4 Å². The second-order valence-corrected chi connectivity index (χ2v) is 6.74. The zero-order valence-electron chi connectivity index (χ0n) is 13.4. The van der Waals surface area contributed by atoms with Gasteiger partial charge in [0.25, 0.3) is 0 Å². The van der Waals surface area contributed by atoms with Crippen LogP contribution in [0.4, 0.5) is 4.79 Å². The Balaban J connectivity index is 2.52. The van der Waals surface area contributed by atoms with E-state index in [1.165, 1.54) is 6.20 Å². The molecule has 23 heavy (non-hydrogen) atoms. The molecule has 0 spiro atoms. The van der Waals surface area contributed by atoms with Crippen LogP contribution in [0, 0.1) is 0 Å². The van der Waals surface area contributed by atoms with E-state index in [0.29, 0.717) is 27.2 Å². The normalized spacial score (nSPS) is 11.4. The predicted octanol–water partition coefficient (Wildman–Crippen LogP) is 5.01. The van der Waals surface area contributed by atoms with Gasteiger partial charge in [0.2, 0.25) is 0 Å². The molecule has 0 aliphatic rings. The summed E-state index contributed by atoms with van der Waals surface area (Å²) in [6.45, 7) is 7.91. The first-order chi connectivity index (χ1) is 10.7. The summed E-state index contributed by atoms with van der Waals surface area (Å²) in [5, 5.41) is 5.30. The van der Waals surface area contributed by atoms with Crippen LogP contribution in [0.1, 0.15) is 33.4 Å². The quantitative estimate of drug-likeness (QED) is 0.725. The van der Waals surface area contributed by atoms with E-state index in [2.05, 4.69) is 5.10 Å². The standard InChI is InChI=1S/C16H18Cl2N2O3/c1-5-22-15(21)23-13-9-19-20(14(13)16(2,3)4)12-7-6-10(17)8-11(12)18/h6-9H,5H2,1-4H3. The first kappa shape index (κ1) is 17.6. The van der Waals surface area contributed by atoms with Crippen molar-refractivity contribution in [2.75, 3.05) is 6.61 Å². The monoisotopic (exact) mass is 356 g/mol. The molecule has 0 aliphatic heterocycles. The average molecular weight is 357 g/mol. The summed E-state index contributed by atoms with van der Waals surface area (Å²) < 4.78 is 11.7. The second-order valence-electron chi connectivity index (χ2n) is 5.90. The van der Waals surface area contributed by atoms with Gasteiger partial charge in [-0.3, -0.25) is 0 Å². The van der Waals surface area contributed by atoms with Crippen LogP contribution in [0.15, 0.2) is 24.4 Å². The van der Waals surface area contributed by atoms with Gasteiger partial charge in [-0.25, -0.2) is 9.48 Å². The zero-order chi connectivity index (χ0) is 17.2. The lowest BCUT2D eigenvalue weighted by atomic mass is 9.91. The molecule has 0 saturated heterocycles. The number of benzene rings is 1. The highest BCUT2D eigenvalue weighted by Gasteiger charge is 2.28. The summed E-state index contributed by atoms with van der Waals surface area (Å²) in [6.07, 6.45) is 0.711. The fourth-order valence-corrected chi connectivity index (χ4v) is 2.66.